The Hall–Kier alpha value is -7.02. The van der Waals surface area contributed by atoms with E-state index in [-0.39, 0.29) is 103 Å². The fourth-order valence-corrected chi connectivity index (χ4v) is 13.1. The summed E-state index contributed by atoms with van der Waals surface area (Å²) in [6.07, 6.45) is 18.6. The van der Waals surface area contributed by atoms with Gasteiger partial charge in [-0.1, -0.05) is 177 Å². The van der Waals surface area contributed by atoms with Gasteiger partial charge in [0.2, 0.25) is 59.1 Å². The Morgan fingerprint density at radius 2 is 0.552 bits per heavy atom. The van der Waals surface area contributed by atoms with E-state index in [4.69, 9.17) is 22.9 Å². The van der Waals surface area contributed by atoms with E-state index in [0.29, 0.717) is 62.5 Å². The van der Waals surface area contributed by atoms with Gasteiger partial charge in [0.25, 0.3) is 0 Å². The molecule has 3 fully saturated rings. The first-order chi connectivity index (χ1) is 46.6. The number of nitrogens with two attached hydrogens (primary N) is 4. The van der Waals surface area contributed by atoms with Crippen molar-refractivity contribution in [2.45, 2.75) is 280 Å². The summed E-state index contributed by atoms with van der Waals surface area (Å²) in [5, 5.41) is 23.4. The van der Waals surface area contributed by atoms with E-state index in [1.165, 1.54) is 9.80 Å². The summed E-state index contributed by atoms with van der Waals surface area (Å²) in [5.41, 5.74) is 25.5. The third-order valence-corrected chi connectivity index (χ3v) is 18.7. The van der Waals surface area contributed by atoms with Gasteiger partial charge in [0.1, 0.15) is 60.4 Å². The lowest BCUT2D eigenvalue weighted by molar-refractivity contribution is -0.143. The van der Waals surface area contributed by atoms with Crippen LogP contribution in [0.1, 0.15) is 218 Å². The molecule has 3 aliphatic rings. The minimum absolute atomic E-state index is 0.0144. The molecule has 2 aromatic rings. The van der Waals surface area contributed by atoms with Gasteiger partial charge in [-0.25, -0.2) is 0 Å². The molecule has 0 unspecified atom stereocenters. The normalized spacial score (nSPS) is 24.2. The van der Waals surface area contributed by atoms with Gasteiger partial charge in [-0.05, 0) is 127 Å². The van der Waals surface area contributed by atoms with Crippen LogP contribution in [0, 0.1) is 0 Å². The Morgan fingerprint density at radius 3 is 0.823 bits per heavy atom. The summed E-state index contributed by atoms with van der Waals surface area (Å²) in [6.45, 7) is 5.29. The molecule has 0 spiro atoms. The van der Waals surface area contributed by atoms with Crippen LogP contribution in [-0.4, -0.2) is 169 Å². The third kappa shape index (κ3) is 27.5. The second kappa shape index (κ2) is 45.5. The SMILES string of the molecule is CCCCCCCCCC[C@@H]1NC(=O)[C@H](CCCN)NC(=O)[C@@H]2CCCN2C(=O)[C@@H](Cc2ccccc2)NC(=O)[C@H](CCCN)NC(=O)[C@H](CCCCCCCCCC)NC(=O)[C@H](CCCN)NC(=O)[C@@H]2CCCN2C(=O)[C@@H](Cc2ccccc2)NC(=O)[C@H](CCCN)NC1=O. The average molecular weight is 1340 g/mol. The predicted molar refractivity (Wildman–Crippen MR) is 373 cm³/mol. The lowest BCUT2D eigenvalue weighted by Crippen LogP contribution is -2.61. The van der Waals surface area contributed by atoms with Gasteiger partial charge in [-0.15, -0.1) is 0 Å². The summed E-state index contributed by atoms with van der Waals surface area (Å²) < 4.78 is 0. The summed E-state index contributed by atoms with van der Waals surface area (Å²) >= 11 is 0. The molecule has 3 heterocycles. The van der Waals surface area contributed by atoms with E-state index >= 15 is 9.59 Å². The van der Waals surface area contributed by atoms with Gasteiger partial charge in [-0.2, -0.15) is 0 Å². The molecule has 5 rings (SSSR count). The molecule has 24 heteroatoms. The molecule has 0 radical (unpaired) electrons. The summed E-state index contributed by atoms with van der Waals surface area (Å²) in [6, 6.07) is 6.24. The molecule has 16 N–H and O–H groups in total. The minimum Gasteiger partial charge on any atom is -0.343 e. The number of fused-ring (bicyclic) bond motifs is 2. The highest BCUT2D eigenvalue weighted by Gasteiger charge is 2.43. The fraction of sp³-hybridized carbons (Fsp3) is 0.694. The van der Waals surface area contributed by atoms with Crippen molar-refractivity contribution in [2.75, 3.05) is 39.3 Å². The number of hydrogen-bond acceptors (Lipinski definition) is 14. The van der Waals surface area contributed by atoms with Crippen LogP contribution in [0.15, 0.2) is 60.7 Å². The van der Waals surface area contributed by atoms with Gasteiger partial charge in [0, 0.05) is 25.9 Å². The molecule has 10 atom stereocenters. The van der Waals surface area contributed by atoms with Gasteiger partial charge in [0.05, 0.1) is 0 Å². The highest BCUT2D eigenvalue weighted by Crippen LogP contribution is 2.24. The van der Waals surface area contributed by atoms with Gasteiger partial charge in [0.15, 0.2) is 0 Å². The smallest absolute Gasteiger partial charge is 0.246 e. The molecule has 24 nitrogen and oxygen atoms in total. The van der Waals surface area contributed by atoms with E-state index in [0.717, 1.165) is 89.9 Å². The molecule has 0 aliphatic carbocycles. The van der Waals surface area contributed by atoms with Crippen molar-refractivity contribution in [3.8, 4) is 0 Å². The van der Waals surface area contributed by atoms with Crippen LogP contribution in [-0.2, 0) is 60.8 Å². The average Bonchev–Trinajstić information content (AvgIpc) is 1.68. The molecule has 10 amide bonds. The first-order valence-electron chi connectivity index (χ1n) is 36.5. The first kappa shape index (κ1) is 79.7. The monoisotopic (exact) mass is 1340 g/mol. The van der Waals surface area contributed by atoms with Crippen LogP contribution in [0.2, 0.25) is 0 Å². The van der Waals surface area contributed by atoms with Crippen LogP contribution in [0.25, 0.3) is 0 Å². The number of benzene rings is 2. The molecular weight excluding hydrogens is 1220 g/mol. The van der Waals surface area contributed by atoms with Crippen LogP contribution >= 0.6 is 0 Å². The van der Waals surface area contributed by atoms with Crippen molar-refractivity contribution in [1.29, 1.82) is 0 Å². The third-order valence-electron chi connectivity index (χ3n) is 18.7. The zero-order valence-electron chi connectivity index (χ0n) is 57.7. The Morgan fingerprint density at radius 1 is 0.312 bits per heavy atom. The topological polar surface area (TPSA) is 377 Å². The molecule has 536 valence electrons. The minimum atomic E-state index is -1.24. The van der Waals surface area contributed by atoms with E-state index < -0.39 is 119 Å². The number of carbonyl (C=O) groups is 10. The maximum absolute atomic E-state index is 15.2. The molecule has 3 aliphatic heterocycles. The fourth-order valence-electron chi connectivity index (χ4n) is 13.1. The number of nitrogens with one attached hydrogen (secondary N) is 8. The number of carbonyl (C=O) groups excluding carboxylic acids is 10. The maximum atomic E-state index is 15.2. The van der Waals surface area contributed by atoms with Gasteiger partial charge >= 0.3 is 0 Å². The number of nitrogens with zero attached hydrogens (tertiary/aromatic N) is 2. The van der Waals surface area contributed by atoms with E-state index in [9.17, 15) is 38.4 Å². The second-order valence-electron chi connectivity index (χ2n) is 26.5. The predicted octanol–water partition coefficient (Wildman–Crippen LogP) is 4.36. The Balaban J connectivity index is 1.60. The Bertz CT molecular complexity index is 2510. The Labute approximate surface area is 570 Å². The van der Waals surface area contributed by atoms with Gasteiger partial charge in [-0.3, -0.25) is 47.9 Å². The quantitative estimate of drug-likeness (QED) is 0.0434. The maximum Gasteiger partial charge on any atom is 0.246 e. The number of hydrogen-bond donors (Lipinski definition) is 12. The van der Waals surface area contributed by atoms with Gasteiger partial charge < -0.3 is 75.3 Å². The molecular formula is C72H118N14O10. The lowest BCUT2D eigenvalue weighted by Gasteiger charge is -2.32. The zero-order valence-corrected chi connectivity index (χ0v) is 57.7. The van der Waals surface area contributed by atoms with E-state index in [2.05, 4.69) is 56.4 Å². The molecule has 2 aromatic carbocycles. The van der Waals surface area contributed by atoms with Crippen LogP contribution < -0.4 is 65.5 Å². The molecule has 0 aromatic heterocycles. The van der Waals surface area contributed by atoms with Crippen molar-refractivity contribution in [1.82, 2.24) is 52.3 Å². The highest BCUT2D eigenvalue weighted by molar-refractivity contribution is 6.00. The molecule has 3 saturated heterocycles. The zero-order chi connectivity index (χ0) is 69.5. The number of rotatable bonds is 34. The summed E-state index contributed by atoms with van der Waals surface area (Å²) in [5.74, 6) is -6.39. The van der Waals surface area contributed by atoms with Crippen molar-refractivity contribution < 1.29 is 47.9 Å². The van der Waals surface area contributed by atoms with Crippen LogP contribution in [0.4, 0.5) is 0 Å². The summed E-state index contributed by atoms with van der Waals surface area (Å²) in [7, 11) is 0. The number of unbranched alkanes of at least 4 members (excludes halogenated alkanes) is 14. The standard InChI is InChI=1S/C72H118N14O10/c1-3-5-7-9-11-13-15-23-35-53-63(87)79-55(37-25-43-73)67(91)83-59(49-51-31-19-17-20-32-51)71(95)86-48-30-42-62(86)70(94)82-58(40-28-46-76)66(90)78-54(36-24-16-14-12-10-8-6-4-2)64(88)80-56(38-26-44-74)68(92)84-60(50-52-33-21-18-22-34-52)72(96)85-47-29-41-61(85)69(93)81-57(39-27-45-75)65(89)77-53/h17-22,31-34,53-62H,3-16,23-30,35-50,73-76H2,1-2H3,(H,77,89)(H,78,90)(H,79,87)(H,80,88)(H,81,93)(H,82,94)(H,83,91)(H,84,92)/t53-,54-,55-,56-,57-,58-,59+,60+,61-,62-/m0/s1. The Kier molecular flexibility index (Phi) is 37.7. The van der Waals surface area contributed by atoms with E-state index in [1.807, 2.05) is 36.4 Å². The van der Waals surface area contributed by atoms with Crippen LogP contribution in [0.5, 0.6) is 0 Å². The van der Waals surface area contributed by atoms with Crippen molar-refractivity contribution in [3.05, 3.63) is 71.8 Å². The summed E-state index contributed by atoms with van der Waals surface area (Å²) in [4.78, 5) is 152. The van der Waals surface area contributed by atoms with E-state index in [1.54, 1.807) is 24.3 Å². The molecule has 0 saturated carbocycles. The lowest BCUT2D eigenvalue weighted by atomic mass is 10.0. The number of amides is 10. The largest absolute Gasteiger partial charge is 0.343 e. The first-order valence-corrected chi connectivity index (χ1v) is 36.5. The second-order valence-corrected chi connectivity index (χ2v) is 26.5. The van der Waals surface area contributed by atoms with Crippen LogP contribution in [0.3, 0.4) is 0 Å². The van der Waals surface area contributed by atoms with Crippen molar-refractivity contribution >= 4 is 59.1 Å². The molecule has 96 heavy (non-hydrogen) atoms. The van der Waals surface area contributed by atoms with Crippen molar-refractivity contribution in [2.24, 2.45) is 22.9 Å². The highest BCUT2D eigenvalue weighted by atomic mass is 16.2. The van der Waals surface area contributed by atoms with Crippen molar-refractivity contribution in [3.63, 3.8) is 0 Å². The molecule has 0 bridgehead atoms.